The molecule has 0 spiro atoms. The van der Waals surface area contributed by atoms with Crippen molar-refractivity contribution in [2.24, 2.45) is 0 Å². The van der Waals surface area contributed by atoms with Crippen molar-refractivity contribution < 1.29 is 0 Å². The summed E-state index contributed by atoms with van der Waals surface area (Å²) in [6.07, 6.45) is 2.10. The first-order valence-corrected chi connectivity index (χ1v) is 9.96. The van der Waals surface area contributed by atoms with Crippen LogP contribution in [-0.4, -0.2) is 15.8 Å². The molecule has 3 aromatic carbocycles. The Morgan fingerprint density at radius 2 is 1.54 bits per heavy atom. The van der Waals surface area contributed by atoms with Gasteiger partial charge in [-0.2, -0.15) is 0 Å². The molecule has 0 aliphatic carbocycles. The summed E-state index contributed by atoms with van der Waals surface area (Å²) in [5.74, 6) is 1.07. The maximum Gasteiger partial charge on any atom is 0.141 e. The molecule has 0 saturated carbocycles. The van der Waals surface area contributed by atoms with Gasteiger partial charge in [-0.3, -0.25) is 0 Å². The summed E-state index contributed by atoms with van der Waals surface area (Å²) in [6.45, 7) is 0.881. The fourth-order valence-electron chi connectivity index (χ4n) is 3.70. The van der Waals surface area contributed by atoms with Crippen LogP contribution in [0.15, 0.2) is 83.8 Å². The smallest absolute Gasteiger partial charge is 0.141 e. The van der Waals surface area contributed by atoms with Crippen molar-refractivity contribution in [3.8, 4) is 33.9 Å². The van der Waals surface area contributed by atoms with Crippen molar-refractivity contribution in [2.75, 3.05) is 6.26 Å². The zero-order valence-electron chi connectivity index (χ0n) is 14.5. The standard InChI is InChI=1S/C23H18N2S/c1-26-19-13-11-16(12-14-19)21-22(17-7-3-2-4-8-17)25-15-18-9-5-6-10-20(18)23(25)24-21/h2-14H,15H2,1H3. The number of thioether (sulfide) groups is 1. The van der Waals surface area contributed by atoms with Gasteiger partial charge >= 0.3 is 0 Å². The summed E-state index contributed by atoms with van der Waals surface area (Å²) in [4.78, 5) is 6.36. The minimum atomic E-state index is 0.881. The zero-order valence-corrected chi connectivity index (χ0v) is 15.3. The minimum Gasteiger partial charge on any atom is -0.319 e. The van der Waals surface area contributed by atoms with Crippen LogP contribution >= 0.6 is 11.8 Å². The predicted octanol–water partition coefficient (Wildman–Crippen LogP) is 5.97. The molecule has 1 aliphatic rings. The van der Waals surface area contributed by atoms with Gasteiger partial charge < -0.3 is 4.57 Å². The van der Waals surface area contributed by atoms with Crippen LogP contribution in [0.5, 0.6) is 0 Å². The van der Waals surface area contributed by atoms with E-state index in [2.05, 4.69) is 89.7 Å². The van der Waals surface area contributed by atoms with E-state index in [-0.39, 0.29) is 0 Å². The summed E-state index contributed by atoms with van der Waals surface area (Å²) in [5, 5.41) is 0. The normalized spacial score (nSPS) is 12.0. The van der Waals surface area contributed by atoms with Crippen molar-refractivity contribution >= 4 is 11.8 Å². The SMILES string of the molecule is CSc1ccc(-c2nc3n(c2-c2ccccc2)Cc2ccccc2-3)cc1. The van der Waals surface area contributed by atoms with Gasteiger partial charge in [-0.1, -0.05) is 66.7 Å². The lowest BCUT2D eigenvalue weighted by Gasteiger charge is -2.09. The Bertz CT molecular complexity index is 1080. The van der Waals surface area contributed by atoms with E-state index in [4.69, 9.17) is 4.98 Å². The van der Waals surface area contributed by atoms with Crippen molar-refractivity contribution in [1.82, 2.24) is 9.55 Å². The van der Waals surface area contributed by atoms with Gasteiger partial charge in [0, 0.05) is 21.6 Å². The Balaban J connectivity index is 1.75. The molecule has 0 radical (unpaired) electrons. The molecule has 5 rings (SSSR count). The molecular weight excluding hydrogens is 336 g/mol. The summed E-state index contributed by atoms with van der Waals surface area (Å²) in [6, 6.07) is 27.9. The van der Waals surface area contributed by atoms with Crippen LogP contribution in [0.25, 0.3) is 33.9 Å². The second-order valence-corrected chi connectivity index (χ2v) is 7.35. The van der Waals surface area contributed by atoms with Crippen LogP contribution in [-0.2, 0) is 6.54 Å². The van der Waals surface area contributed by atoms with E-state index < -0.39 is 0 Å². The molecule has 0 saturated heterocycles. The molecular formula is C23H18N2S. The molecule has 3 heteroatoms. The maximum atomic E-state index is 5.09. The Morgan fingerprint density at radius 1 is 0.808 bits per heavy atom. The van der Waals surface area contributed by atoms with E-state index in [9.17, 15) is 0 Å². The molecule has 4 aromatic rings. The molecule has 0 atom stereocenters. The Morgan fingerprint density at radius 3 is 2.31 bits per heavy atom. The highest BCUT2D eigenvalue weighted by Crippen LogP contribution is 2.41. The number of hydrogen-bond acceptors (Lipinski definition) is 2. The zero-order chi connectivity index (χ0) is 17.5. The van der Waals surface area contributed by atoms with Gasteiger partial charge in [0.1, 0.15) is 5.82 Å². The average Bonchev–Trinajstić information content (AvgIpc) is 3.25. The highest BCUT2D eigenvalue weighted by molar-refractivity contribution is 7.98. The van der Waals surface area contributed by atoms with Crippen LogP contribution in [0.2, 0.25) is 0 Å². The number of hydrogen-bond donors (Lipinski definition) is 0. The highest BCUT2D eigenvalue weighted by Gasteiger charge is 2.26. The van der Waals surface area contributed by atoms with Crippen LogP contribution in [0, 0.1) is 0 Å². The largest absolute Gasteiger partial charge is 0.319 e. The summed E-state index contributed by atoms with van der Waals surface area (Å²) < 4.78 is 2.36. The van der Waals surface area contributed by atoms with Crippen molar-refractivity contribution in [1.29, 1.82) is 0 Å². The van der Waals surface area contributed by atoms with Crippen LogP contribution in [0.3, 0.4) is 0 Å². The number of imidazole rings is 1. The fraction of sp³-hybridized carbons (Fsp3) is 0.0870. The lowest BCUT2D eigenvalue weighted by atomic mass is 10.0. The molecule has 26 heavy (non-hydrogen) atoms. The molecule has 1 aromatic heterocycles. The van der Waals surface area contributed by atoms with Crippen molar-refractivity contribution in [2.45, 2.75) is 11.4 Å². The van der Waals surface area contributed by atoms with Gasteiger partial charge in [0.05, 0.1) is 17.9 Å². The Kier molecular flexibility index (Phi) is 3.68. The number of fused-ring (bicyclic) bond motifs is 3. The van der Waals surface area contributed by atoms with Crippen LogP contribution in [0.4, 0.5) is 0 Å². The third-order valence-electron chi connectivity index (χ3n) is 4.97. The highest BCUT2D eigenvalue weighted by atomic mass is 32.2. The van der Waals surface area contributed by atoms with Gasteiger partial charge in [0.2, 0.25) is 0 Å². The predicted molar refractivity (Wildman–Crippen MR) is 109 cm³/mol. The third kappa shape index (κ3) is 2.39. The summed E-state index contributed by atoms with van der Waals surface area (Å²) in [5.41, 5.74) is 7.24. The van der Waals surface area contributed by atoms with Crippen molar-refractivity contribution in [3.05, 3.63) is 84.4 Å². The Labute approximate surface area is 157 Å². The van der Waals surface area contributed by atoms with Gasteiger partial charge in [-0.15, -0.1) is 11.8 Å². The van der Waals surface area contributed by atoms with Gasteiger partial charge in [-0.25, -0.2) is 4.98 Å². The first-order chi connectivity index (χ1) is 12.8. The number of rotatable bonds is 3. The van der Waals surface area contributed by atoms with Gasteiger partial charge in [0.15, 0.2) is 0 Å². The molecule has 1 aliphatic heterocycles. The third-order valence-corrected chi connectivity index (χ3v) is 5.71. The monoisotopic (exact) mass is 354 g/mol. The van der Waals surface area contributed by atoms with Crippen LogP contribution < -0.4 is 0 Å². The van der Waals surface area contributed by atoms with E-state index >= 15 is 0 Å². The number of nitrogens with zero attached hydrogens (tertiary/aromatic N) is 2. The number of aromatic nitrogens is 2. The molecule has 0 fully saturated rings. The molecule has 0 bridgehead atoms. The van der Waals surface area contributed by atoms with Crippen molar-refractivity contribution in [3.63, 3.8) is 0 Å². The quantitative estimate of drug-likeness (QED) is 0.372. The van der Waals surface area contributed by atoms with E-state index in [1.54, 1.807) is 11.8 Å². The average molecular weight is 354 g/mol. The molecule has 0 amide bonds. The first-order valence-electron chi connectivity index (χ1n) is 8.74. The second kappa shape index (κ2) is 6.19. The summed E-state index contributed by atoms with van der Waals surface area (Å²) >= 11 is 1.76. The van der Waals surface area contributed by atoms with Gasteiger partial charge in [0.25, 0.3) is 0 Å². The lowest BCUT2D eigenvalue weighted by molar-refractivity contribution is 0.856. The molecule has 2 heterocycles. The molecule has 126 valence electrons. The first kappa shape index (κ1) is 15.5. The maximum absolute atomic E-state index is 5.09. The van der Waals surface area contributed by atoms with Crippen LogP contribution in [0.1, 0.15) is 5.56 Å². The van der Waals surface area contributed by atoms with E-state index in [0.29, 0.717) is 0 Å². The number of benzene rings is 3. The van der Waals surface area contributed by atoms with E-state index in [0.717, 1.165) is 18.1 Å². The summed E-state index contributed by atoms with van der Waals surface area (Å²) in [7, 11) is 0. The second-order valence-electron chi connectivity index (χ2n) is 6.47. The fourth-order valence-corrected chi connectivity index (χ4v) is 4.11. The molecule has 0 N–H and O–H groups in total. The Hall–Kier alpha value is -2.78. The molecule has 0 unspecified atom stereocenters. The minimum absolute atomic E-state index is 0.881. The lowest BCUT2D eigenvalue weighted by Crippen LogP contribution is -1.97. The van der Waals surface area contributed by atoms with E-state index in [1.165, 1.54) is 32.8 Å². The van der Waals surface area contributed by atoms with E-state index in [1.807, 2.05) is 0 Å². The van der Waals surface area contributed by atoms with Gasteiger partial charge in [-0.05, 0) is 24.0 Å². The topological polar surface area (TPSA) is 17.8 Å². The molecule has 2 nitrogen and oxygen atoms in total.